The van der Waals surface area contributed by atoms with Gasteiger partial charge in [-0.25, -0.2) is 0 Å². The van der Waals surface area contributed by atoms with Crippen LogP contribution in [0.5, 0.6) is 0 Å². The van der Waals surface area contributed by atoms with E-state index >= 15 is 0 Å². The summed E-state index contributed by atoms with van der Waals surface area (Å²) in [6, 6.07) is 4.02. The average Bonchev–Trinajstić information content (AvgIpc) is 3.38. The second-order valence-electron chi connectivity index (χ2n) is 11.7. The van der Waals surface area contributed by atoms with Crippen molar-refractivity contribution in [3.8, 4) is 0 Å². The topological polar surface area (TPSA) is 70.3 Å². The van der Waals surface area contributed by atoms with Crippen LogP contribution in [0.2, 0.25) is 0 Å². The van der Waals surface area contributed by atoms with E-state index in [9.17, 15) is 44.6 Å². The highest BCUT2D eigenvalue weighted by Crippen LogP contribution is 2.42. The number of alkyl halides is 10. The van der Waals surface area contributed by atoms with Crippen LogP contribution in [-0.4, -0.2) is 47.4 Å². The van der Waals surface area contributed by atoms with Gasteiger partial charge in [-0.3, -0.25) is 4.90 Å². The second kappa shape index (κ2) is 13.8. The highest BCUT2D eigenvalue weighted by molar-refractivity contribution is 14.1. The van der Waals surface area contributed by atoms with Gasteiger partial charge in [-0.15, -0.1) is 5.10 Å². The Morgan fingerprint density at radius 1 is 0.913 bits per heavy atom. The third-order valence-electron chi connectivity index (χ3n) is 7.88. The summed E-state index contributed by atoms with van der Waals surface area (Å²) >= 11 is 2.24. The predicted molar refractivity (Wildman–Crippen MR) is 158 cm³/mol. The molecule has 0 spiro atoms. The first-order valence-corrected chi connectivity index (χ1v) is 15.5. The molecule has 3 aromatic rings. The molecular formula is C29H32F9IN6O. The van der Waals surface area contributed by atoms with Crippen LogP contribution >= 0.6 is 22.6 Å². The zero-order valence-corrected chi connectivity index (χ0v) is 27.1. The van der Waals surface area contributed by atoms with E-state index < -0.39 is 53.4 Å². The molecule has 46 heavy (non-hydrogen) atoms. The van der Waals surface area contributed by atoms with E-state index in [2.05, 4.69) is 42.9 Å². The lowest BCUT2D eigenvalue weighted by Crippen LogP contribution is -2.44. The summed E-state index contributed by atoms with van der Waals surface area (Å²) < 4.78 is 124. The summed E-state index contributed by atoms with van der Waals surface area (Å²) in [4.78, 5) is 4.38. The van der Waals surface area contributed by atoms with Crippen molar-refractivity contribution in [1.82, 2.24) is 25.1 Å². The van der Waals surface area contributed by atoms with Gasteiger partial charge in [0.1, 0.15) is 0 Å². The third kappa shape index (κ3) is 8.62. The number of anilines is 1. The van der Waals surface area contributed by atoms with E-state index in [0.717, 1.165) is 16.9 Å². The minimum absolute atomic E-state index is 0.00692. The molecule has 2 heterocycles. The van der Waals surface area contributed by atoms with Gasteiger partial charge in [0.2, 0.25) is 0 Å². The maximum Gasteiger partial charge on any atom is 0.416 e. The predicted octanol–water partition coefficient (Wildman–Crippen LogP) is 7.64. The molecule has 1 aliphatic heterocycles. The SMILES string of the molecule is CC(C)C(c1ccc(C(F)(F)F)cc1CN(Cc1cc(C(F)(F)F)cc(C(F)(F)F)c1)c1nnn(C)n1)N1CCC(CO)CC1I. The zero-order chi connectivity index (χ0) is 34.2. The molecule has 0 aliphatic carbocycles. The number of hydrogen-bond donors (Lipinski definition) is 1. The van der Waals surface area contributed by atoms with Gasteiger partial charge >= 0.3 is 18.5 Å². The molecule has 2 aromatic carbocycles. The van der Waals surface area contributed by atoms with E-state index in [1.807, 2.05) is 13.8 Å². The molecule has 1 aromatic heterocycles. The van der Waals surface area contributed by atoms with E-state index in [0.29, 0.717) is 37.1 Å². The Bertz CT molecular complexity index is 1460. The second-order valence-corrected chi connectivity index (χ2v) is 13.1. The molecule has 1 fully saturated rings. The van der Waals surface area contributed by atoms with Gasteiger partial charge in [-0.05, 0) is 76.9 Å². The normalized spacial score (nSPS) is 19.1. The van der Waals surface area contributed by atoms with Gasteiger partial charge in [0.05, 0.1) is 27.8 Å². The van der Waals surface area contributed by atoms with Crippen LogP contribution in [-0.2, 0) is 38.7 Å². The lowest BCUT2D eigenvalue weighted by atomic mass is 9.87. The van der Waals surface area contributed by atoms with Crippen LogP contribution in [0.1, 0.15) is 66.1 Å². The number of rotatable bonds is 9. The van der Waals surface area contributed by atoms with Crippen molar-refractivity contribution in [3.63, 3.8) is 0 Å². The number of aliphatic hydroxyl groups is 1. The third-order valence-corrected chi connectivity index (χ3v) is 9.11. The summed E-state index contributed by atoms with van der Waals surface area (Å²) in [5.41, 5.74) is -3.75. The van der Waals surface area contributed by atoms with Crippen LogP contribution in [0.25, 0.3) is 0 Å². The smallest absolute Gasteiger partial charge is 0.396 e. The molecule has 7 nitrogen and oxygen atoms in total. The maximum absolute atomic E-state index is 14.0. The average molecular weight is 779 g/mol. The Morgan fingerprint density at radius 2 is 1.52 bits per heavy atom. The van der Waals surface area contributed by atoms with E-state index in [4.69, 9.17) is 0 Å². The monoisotopic (exact) mass is 778 g/mol. The molecule has 3 atom stereocenters. The number of nitrogens with zero attached hydrogens (tertiary/aromatic N) is 6. The number of aliphatic hydroxyl groups excluding tert-OH is 1. The fourth-order valence-corrected chi connectivity index (χ4v) is 7.09. The van der Waals surface area contributed by atoms with Gasteiger partial charge in [0.25, 0.3) is 5.95 Å². The van der Waals surface area contributed by atoms with Gasteiger partial charge in [0, 0.05) is 32.3 Å². The van der Waals surface area contributed by atoms with Crippen molar-refractivity contribution in [2.75, 3.05) is 18.1 Å². The Balaban J connectivity index is 1.84. The molecule has 4 rings (SSSR count). The molecule has 1 N–H and O–H groups in total. The summed E-state index contributed by atoms with van der Waals surface area (Å²) in [6.07, 6.45) is -13.6. The summed E-state index contributed by atoms with van der Waals surface area (Å²) in [5.74, 6) is -0.238. The lowest BCUT2D eigenvalue weighted by molar-refractivity contribution is -0.143. The Kier molecular flexibility index (Phi) is 10.9. The first-order chi connectivity index (χ1) is 21.3. The Hall–Kier alpha value is -2.67. The van der Waals surface area contributed by atoms with Gasteiger partial charge < -0.3 is 10.0 Å². The van der Waals surface area contributed by atoms with Gasteiger partial charge in [0.15, 0.2) is 0 Å². The maximum atomic E-state index is 14.0. The number of benzene rings is 2. The van der Waals surface area contributed by atoms with Crippen molar-refractivity contribution in [2.24, 2.45) is 18.9 Å². The molecular weight excluding hydrogens is 746 g/mol. The number of aryl methyl sites for hydroxylation is 1. The highest BCUT2D eigenvalue weighted by atomic mass is 127. The minimum Gasteiger partial charge on any atom is -0.396 e. The first kappa shape index (κ1) is 36.2. The number of halogens is 10. The van der Waals surface area contributed by atoms with E-state index in [1.165, 1.54) is 18.0 Å². The summed E-state index contributed by atoms with van der Waals surface area (Å²) in [7, 11) is 1.39. The summed E-state index contributed by atoms with van der Waals surface area (Å²) in [5, 5.41) is 21.3. The largest absolute Gasteiger partial charge is 0.416 e. The quantitative estimate of drug-likeness (QED) is 0.104. The Labute approximate surface area is 272 Å². The standard InChI is InChI=1S/C29H32F9IN6O/c1-16(2)25(45-7-6-17(15-46)10-24(45)39)23-5-4-20(27(30,31)32)11-19(23)14-44(26-40-42-43(3)41-26)13-18-8-21(28(33,34)35)12-22(9-18)29(36,37)38/h4-5,8-9,11-12,16-17,24-25,46H,6-7,10,13-15H2,1-3H3. The van der Waals surface area contributed by atoms with Crippen molar-refractivity contribution < 1.29 is 44.6 Å². The molecule has 1 saturated heterocycles. The van der Waals surface area contributed by atoms with E-state index in [1.54, 1.807) is 0 Å². The molecule has 3 unspecified atom stereocenters. The van der Waals surface area contributed by atoms with Crippen molar-refractivity contribution in [3.05, 3.63) is 69.8 Å². The molecule has 0 amide bonds. The number of hydrogen-bond acceptors (Lipinski definition) is 6. The molecule has 0 saturated carbocycles. The van der Waals surface area contributed by atoms with Crippen molar-refractivity contribution in [2.45, 2.75) is 68.4 Å². The fourth-order valence-electron chi connectivity index (χ4n) is 5.74. The van der Waals surface area contributed by atoms with Crippen LogP contribution in [0.3, 0.4) is 0 Å². The number of piperidine rings is 1. The first-order valence-electron chi connectivity index (χ1n) is 14.3. The van der Waals surface area contributed by atoms with Crippen LogP contribution in [0, 0.1) is 11.8 Å². The summed E-state index contributed by atoms with van der Waals surface area (Å²) in [6.45, 7) is 3.41. The van der Waals surface area contributed by atoms with Crippen LogP contribution in [0.4, 0.5) is 45.5 Å². The molecule has 254 valence electrons. The fraction of sp³-hybridized carbons (Fsp3) is 0.552. The minimum atomic E-state index is -5.09. The molecule has 17 heteroatoms. The van der Waals surface area contributed by atoms with Crippen molar-refractivity contribution >= 4 is 28.5 Å². The Morgan fingerprint density at radius 3 is 2.00 bits per heavy atom. The molecule has 0 bridgehead atoms. The number of aromatic nitrogens is 4. The zero-order valence-electron chi connectivity index (χ0n) is 24.9. The van der Waals surface area contributed by atoms with Crippen LogP contribution < -0.4 is 4.90 Å². The van der Waals surface area contributed by atoms with Crippen molar-refractivity contribution in [1.29, 1.82) is 0 Å². The molecule has 0 radical (unpaired) electrons. The van der Waals surface area contributed by atoms with Gasteiger partial charge in [-0.1, -0.05) is 47.6 Å². The number of tetrazole rings is 1. The molecule has 1 aliphatic rings. The van der Waals surface area contributed by atoms with E-state index in [-0.39, 0.29) is 46.6 Å². The van der Waals surface area contributed by atoms with Gasteiger partial charge in [-0.2, -0.15) is 44.3 Å². The number of likely N-dealkylation sites (tertiary alicyclic amines) is 1. The highest BCUT2D eigenvalue weighted by Gasteiger charge is 2.39. The lowest BCUT2D eigenvalue weighted by Gasteiger charge is -2.44. The van der Waals surface area contributed by atoms with Crippen LogP contribution in [0.15, 0.2) is 36.4 Å².